The topological polar surface area (TPSA) is 25.4 Å². The van der Waals surface area contributed by atoms with Crippen LogP contribution in [0.3, 0.4) is 0 Å². The second kappa shape index (κ2) is 7.50. The van der Waals surface area contributed by atoms with Gasteiger partial charge in [0.05, 0.1) is 29.4 Å². The van der Waals surface area contributed by atoms with Crippen molar-refractivity contribution in [1.29, 1.82) is 0 Å². The average Bonchev–Trinajstić information content (AvgIpc) is 2.95. The fourth-order valence-electron chi connectivity index (χ4n) is 2.06. The number of para-hydroxylation sites is 2. The van der Waals surface area contributed by atoms with Crippen molar-refractivity contribution in [2.75, 3.05) is 25.6 Å². The first-order chi connectivity index (χ1) is 9.74. The van der Waals surface area contributed by atoms with E-state index in [9.17, 15) is 0 Å². The number of anilines is 1. The Hall–Kier alpha value is -1.26. The first-order valence-electron chi connectivity index (χ1n) is 6.58. The average molecular weight is 311 g/mol. The highest BCUT2D eigenvalue weighted by molar-refractivity contribution is 7.09. The van der Waals surface area contributed by atoms with E-state index in [4.69, 9.17) is 16.3 Å². The minimum Gasteiger partial charge on any atom is -0.495 e. The summed E-state index contributed by atoms with van der Waals surface area (Å²) in [6.45, 7) is 0.968. The molecule has 108 valence electrons. The molecule has 0 aliphatic rings. The van der Waals surface area contributed by atoms with Crippen LogP contribution in [0, 0.1) is 0 Å². The van der Waals surface area contributed by atoms with Gasteiger partial charge in [0.1, 0.15) is 5.75 Å². The normalized spacial score (nSPS) is 10.6. The number of hydrogen-bond donors (Lipinski definition) is 0. The number of alkyl halides is 1. The van der Waals surface area contributed by atoms with E-state index in [2.05, 4.69) is 23.0 Å². The SMILES string of the molecule is COc1ccccc1N(C)CCCc1nc(CCl)cs1. The van der Waals surface area contributed by atoms with Gasteiger partial charge < -0.3 is 9.64 Å². The number of thiazole rings is 1. The predicted octanol–water partition coefficient (Wildman–Crippen LogP) is 3.96. The molecule has 2 aromatic rings. The van der Waals surface area contributed by atoms with Crippen LogP contribution in [0.15, 0.2) is 29.6 Å². The number of nitrogens with zero attached hydrogens (tertiary/aromatic N) is 2. The second-order valence-corrected chi connectivity index (χ2v) is 5.77. The number of methoxy groups -OCH3 is 1. The summed E-state index contributed by atoms with van der Waals surface area (Å²) in [5.74, 6) is 1.41. The van der Waals surface area contributed by atoms with E-state index < -0.39 is 0 Å². The van der Waals surface area contributed by atoms with Gasteiger partial charge in [-0.2, -0.15) is 0 Å². The fourth-order valence-corrected chi connectivity index (χ4v) is 3.13. The molecule has 0 spiro atoms. The van der Waals surface area contributed by atoms with Crippen molar-refractivity contribution in [2.24, 2.45) is 0 Å². The van der Waals surface area contributed by atoms with Crippen LogP contribution in [-0.4, -0.2) is 25.7 Å². The Balaban J connectivity index is 1.87. The molecule has 0 fully saturated rings. The summed E-state index contributed by atoms with van der Waals surface area (Å²) in [6.07, 6.45) is 2.05. The van der Waals surface area contributed by atoms with Crippen LogP contribution in [-0.2, 0) is 12.3 Å². The van der Waals surface area contributed by atoms with E-state index >= 15 is 0 Å². The molecule has 0 aliphatic carbocycles. The van der Waals surface area contributed by atoms with Gasteiger partial charge in [0, 0.05) is 25.4 Å². The first kappa shape index (κ1) is 15.1. The van der Waals surface area contributed by atoms with Crippen molar-refractivity contribution in [3.05, 3.63) is 40.3 Å². The van der Waals surface area contributed by atoms with Crippen LogP contribution in [0.2, 0.25) is 0 Å². The maximum absolute atomic E-state index is 5.76. The zero-order chi connectivity index (χ0) is 14.4. The van der Waals surface area contributed by atoms with E-state index in [0.717, 1.165) is 41.5 Å². The van der Waals surface area contributed by atoms with Gasteiger partial charge in [-0.25, -0.2) is 4.98 Å². The number of aryl methyl sites for hydroxylation is 1. The molecule has 0 atom stereocenters. The first-order valence-corrected chi connectivity index (χ1v) is 7.99. The summed E-state index contributed by atoms with van der Waals surface area (Å²) in [5.41, 5.74) is 2.10. The van der Waals surface area contributed by atoms with Crippen molar-refractivity contribution in [2.45, 2.75) is 18.7 Å². The zero-order valence-corrected chi connectivity index (χ0v) is 13.4. The molecule has 0 amide bonds. The van der Waals surface area contributed by atoms with Crippen LogP contribution < -0.4 is 9.64 Å². The van der Waals surface area contributed by atoms with Gasteiger partial charge >= 0.3 is 0 Å². The molecule has 2 rings (SSSR count). The molecule has 0 N–H and O–H groups in total. The fraction of sp³-hybridized carbons (Fsp3) is 0.400. The van der Waals surface area contributed by atoms with Crippen molar-refractivity contribution < 1.29 is 4.74 Å². The Labute approximate surface area is 129 Å². The third-order valence-electron chi connectivity index (χ3n) is 3.12. The monoisotopic (exact) mass is 310 g/mol. The van der Waals surface area contributed by atoms with E-state index in [1.54, 1.807) is 18.4 Å². The number of halogens is 1. The van der Waals surface area contributed by atoms with Gasteiger partial charge in [-0.05, 0) is 18.6 Å². The van der Waals surface area contributed by atoms with Gasteiger partial charge in [-0.3, -0.25) is 0 Å². The number of benzene rings is 1. The summed E-state index contributed by atoms with van der Waals surface area (Å²) >= 11 is 7.45. The van der Waals surface area contributed by atoms with Gasteiger partial charge in [0.2, 0.25) is 0 Å². The van der Waals surface area contributed by atoms with Crippen molar-refractivity contribution in [3.8, 4) is 5.75 Å². The Morgan fingerprint density at radius 3 is 2.85 bits per heavy atom. The molecule has 0 radical (unpaired) electrons. The molecule has 0 aliphatic heterocycles. The van der Waals surface area contributed by atoms with Crippen LogP contribution in [0.4, 0.5) is 5.69 Å². The summed E-state index contributed by atoms with van der Waals surface area (Å²) in [6, 6.07) is 8.08. The van der Waals surface area contributed by atoms with Crippen molar-refractivity contribution >= 4 is 28.6 Å². The van der Waals surface area contributed by atoms with E-state index in [-0.39, 0.29) is 0 Å². The van der Waals surface area contributed by atoms with Gasteiger partial charge in [-0.15, -0.1) is 22.9 Å². The Kier molecular flexibility index (Phi) is 5.68. The number of hydrogen-bond acceptors (Lipinski definition) is 4. The molecule has 0 saturated carbocycles. The largest absolute Gasteiger partial charge is 0.495 e. The van der Waals surface area contributed by atoms with Crippen LogP contribution in [0.25, 0.3) is 0 Å². The summed E-state index contributed by atoms with van der Waals surface area (Å²) < 4.78 is 5.38. The Morgan fingerprint density at radius 1 is 1.35 bits per heavy atom. The predicted molar refractivity (Wildman–Crippen MR) is 86.3 cm³/mol. The lowest BCUT2D eigenvalue weighted by Crippen LogP contribution is -2.19. The number of aromatic nitrogens is 1. The van der Waals surface area contributed by atoms with Gasteiger partial charge in [0.15, 0.2) is 0 Å². The molecule has 20 heavy (non-hydrogen) atoms. The summed E-state index contributed by atoms with van der Waals surface area (Å²) in [7, 11) is 3.79. The minimum atomic E-state index is 0.498. The van der Waals surface area contributed by atoms with Crippen molar-refractivity contribution in [1.82, 2.24) is 4.98 Å². The molecule has 0 unspecified atom stereocenters. The van der Waals surface area contributed by atoms with Gasteiger partial charge in [-0.1, -0.05) is 12.1 Å². The molecule has 5 heteroatoms. The minimum absolute atomic E-state index is 0.498. The Morgan fingerprint density at radius 2 is 2.15 bits per heavy atom. The smallest absolute Gasteiger partial charge is 0.142 e. The zero-order valence-electron chi connectivity index (χ0n) is 11.8. The lowest BCUT2D eigenvalue weighted by atomic mass is 10.2. The van der Waals surface area contributed by atoms with Crippen LogP contribution in [0.1, 0.15) is 17.1 Å². The highest BCUT2D eigenvalue weighted by Crippen LogP contribution is 2.26. The van der Waals surface area contributed by atoms with Crippen molar-refractivity contribution in [3.63, 3.8) is 0 Å². The second-order valence-electron chi connectivity index (χ2n) is 4.56. The molecule has 1 heterocycles. The lowest BCUT2D eigenvalue weighted by molar-refractivity contribution is 0.415. The van der Waals surface area contributed by atoms with E-state index in [1.807, 2.05) is 23.6 Å². The Bertz CT molecular complexity index is 544. The van der Waals surface area contributed by atoms with Gasteiger partial charge in [0.25, 0.3) is 0 Å². The molecule has 3 nitrogen and oxygen atoms in total. The molecular formula is C15H19ClN2OS. The molecular weight excluding hydrogens is 292 g/mol. The quantitative estimate of drug-likeness (QED) is 0.724. The maximum atomic E-state index is 5.76. The lowest BCUT2D eigenvalue weighted by Gasteiger charge is -2.21. The van der Waals surface area contributed by atoms with E-state index in [0.29, 0.717) is 5.88 Å². The highest BCUT2D eigenvalue weighted by atomic mass is 35.5. The van der Waals surface area contributed by atoms with E-state index in [1.165, 1.54) is 0 Å². The third-order valence-corrected chi connectivity index (χ3v) is 4.35. The summed E-state index contributed by atoms with van der Waals surface area (Å²) in [4.78, 5) is 6.69. The summed E-state index contributed by atoms with van der Waals surface area (Å²) in [5, 5.41) is 3.20. The highest BCUT2D eigenvalue weighted by Gasteiger charge is 2.07. The molecule has 0 saturated heterocycles. The molecule has 1 aromatic carbocycles. The maximum Gasteiger partial charge on any atom is 0.142 e. The number of rotatable bonds is 7. The molecule has 0 bridgehead atoms. The number of ether oxygens (including phenoxy) is 1. The van der Waals surface area contributed by atoms with Crippen LogP contribution >= 0.6 is 22.9 Å². The van der Waals surface area contributed by atoms with Crippen LogP contribution in [0.5, 0.6) is 5.75 Å². The molecule has 1 aromatic heterocycles. The third kappa shape index (κ3) is 3.87. The standard InChI is InChI=1S/C15H19ClN2OS/c1-18(13-6-3-4-7-14(13)19-2)9-5-8-15-17-12(10-16)11-20-15/h3-4,6-7,11H,5,8-10H2,1-2H3.